The summed E-state index contributed by atoms with van der Waals surface area (Å²) in [7, 11) is 0. The number of fused-ring (bicyclic) bond motifs is 1. The zero-order valence-corrected chi connectivity index (χ0v) is 15.3. The van der Waals surface area contributed by atoms with Crippen molar-refractivity contribution < 1.29 is 14.0 Å². The van der Waals surface area contributed by atoms with E-state index in [1.54, 1.807) is 12.1 Å². The highest BCUT2D eigenvalue weighted by atomic mass is 79.9. The molecule has 1 aliphatic heterocycles. The number of hydrogen-bond acceptors (Lipinski definition) is 8. The number of nitrogens with two attached hydrogens (primary N) is 1. The highest BCUT2D eigenvalue weighted by Crippen LogP contribution is 2.35. The van der Waals surface area contributed by atoms with Crippen molar-refractivity contribution in [1.29, 1.82) is 0 Å². The highest BCUT2D eigenvalue weighted by molar-refractivity contribution is 9.10. The number of halogens is 1. The molecule has 2 aromatic carbocycles. The lowest BCUT2D eigenvalue weighted by molar-refractivity contribution is 0.174. The molecule has 0 saturated heterocycles. The van der Waals surface area contributed by atoms with Crippen molar-refractivity contribution in [3.63, 3.8) is 0 Å². The van der Waals surface area contributed by atoms with E-state index in [4.69, 9.17) is 19.7 Å². The van der Waals surface area contributed by atoms with Crippen molar-refractivity contribution in [2.24, 2.45) is 0 Å². The second kappa shape index (κ2) is 6.09. The fourth-order valence-corrected chi connectivity index (χ4v) is 2.95. The first-order valence-corrected chi connectivity index (χ1v) is 8.69. The van der Waals surface area contributed by atoms with Crippen LogP contribution in [0.15, 0.2) is 51.5 Å². The molecule has 27 heavy (non-hydrogen) atoms. The molecular weight excluding hydrogens is 416 g/mol. The van der Waals surface area contributed by atoms with E-state index >= 15 is 0 Å². The standard InChI is InChI=1S/C17H11BrN6O3/c18-10-2-4-11(5-3-10)24-15(19)14(21-23-24)17-20-16(22-27-17)9-1-6-12-13(7-9)26-8-25-12/h1-7H,8,19H2. The lowest BCUT2D eigenvalue weighted by Gasteiger charge is -2.02. The van der Waals surface area contributed by atoms with E-state index in [-0.39, 0.29) is 12.7 Å². The van der Waals surface area contributed by atoms with Gasteiger partial charge in [-0.3, -0.25) is 0 Å². The third kappa shape index (κ3) is 2.70. The molecule has 0 radical (unpaired) electrons. The van der Waals surface area contributed by atoms with Crippen LogP contribution in [0.25, 0.3) is 28.7 Å². The van der Waals surface area contributed by atoms with E-state index in [1.165, 1.54) is 4.68 Å². The zero-order chi connectivity index (χ0) is 18.4. The van der Waals surface area contributed by atoms with Gasteiger partial charge in [-0.05, 0) is 42.5 Å². The quantitative estimate of drug-likeness (QED) is 0.531. The molecule has 0 amide bonds. The Labute approximate surface area is 160 Å². The molecule has 0 bridgehead atoms. The molecular formula is C17H11BrN6O3. The lowest BCUT2D eigenvalue weighted by atomic mass is 10.2. The van der Waals surface area contributed by atoms with Gasteiger partial charge in [-0.1, -0.05) is 26.3 Å². The van der Waals surface area contributed by atoms with E-state index in [9.17, 15) is 0 Å². The maximum atomic E-state index is 6.19. The van der Waals surface area contributed by atoms with Crippen LogP contribution in [0.4, 0.5) is 5.82 Å². The first-order chi connectivity index (χ1) is 13.2. The minimum Gasteiger partial charge on any atom is -0.454 e. The summed E-state index contributed by atoms with van der Waals surface area (Å²) >= 11 is 3.40. The molecule has 0 saturated carbocycles. The number of anilines is 1. The summed E-state index contributed by atoms with van der Waals surface area (Å²) < 4.78 is 18.5. The number of benzene rings is 2. The van der Waals surface area contributed by atoms with E-state index in [0.717, 1.165) is 15.7 Å². The maximum Gasteiger partial charge on any atom is 0.282 e. The number of nitrogens with zero attached hydrogens (tertiary/aromatic N) is 5. The highest BCUT2D eigenvalue weighted by Gasteiger charge is 2.21. The normalized spacial score (nSPS) is 12.5. The number of ether oxygens (including phenoxy) is 2. The van der Waals surface area contributed by atoms with Crippen LogP contribution in [0.5, 0.6) is 11.5 Å². The van der Waals surface area contributed by atoms with Gasteiger partial charge >= 0.3 is 0 Å². The fraction of sp³-hybridized carbons (Fsp3) is 0.0588. The number of rotatable bonds is 3. The minimum atomic E-state index is 0.184. The third-order valence-electron chi connectivity index (χ3n) is 4.04. The Kier molecular flexibility index (Phi) is 3.57. The van der Waals surface area contributed by atoms with Gasteiger partial charge in [0, 0.05) is 10.0 Å². The van der Waals surface area contributed by atoms with E-state index in [0.29, 0.717) is 28.8 Å². The summed E-state index contributed by atoms with van der Waals surface area (Å²) in [6, 6.07) is 12.9. The Morgan fingerprint density at radius 3 is 2.70 bits per heavy atom. The molecule has 2 N–H and O–H groups in total. The van der Waals surface area contributed by atoms with Crippen molar-refractivity contribution in [1.82, 2.24) is 25.1 Å². The zero-order valence-electron chi connectivity index (χ0n) is 13.7. The van der Waals surface area contributed by atoms with Crippen molar-refractivity contribution in [2.45, 2.75) is 0 Å². The van der Waals surface area contributed by atoms with Gasteiger partial charge in [-0.2, -0.15) is 9.67 Å². The summed E-state index contributed by atoms with van der Waals surface area (Å²) in [6.07, 6.45) is 0. The Bertz CT molecular complexity index is 1140. The van der Waals surface area contributed by atoms with E-state index in [2.05, 4.69) is 36.4 Å². The molecule has 0 atom stereocenters. The van der Waals surface area contributed by atoms with Gasteiger partial charge in [0.1, 0.15) is 0 Å². The Balaban J connectivity index is 1.49. The molecule has 1 aliphatic rings. The molecule has 0 unspecified atom stereocenters. The van der Waals surface area contributed by atoms with Gasteiger partial charge in [0.2, 0.25) is 12.6 Å². The molecule has 0 aliphatic carbocycles. The van der Waals surface area contributed by atoms with Crippen LogP contribution in [0, 0.1) is 0 Å². The average molecular weight is 427 g/mol. The topological polar surface area (TPSA) is 114 Å². The Morgan fingerprint density at radius 2 is 1.85 bits per heavy atom. The van der Waals surface area contributed by atoms with Crippen molar-refractivity contribution in [2.75, 3.05) is 12.5 Å². The third-order valence-corrected chi connectivity index (χ3v) is 4.56. The summed E-state index contributed by atoms with van der Waals surface area (Å²) in [5, 5.41) is 12.2. The second-order valence-corrected chi connectivity index (χ2v) is 6.62. The molecule has 3 heterocycles. The van der Waals surface area contributed by atoms with Crippen LogP contribution in [0.1, 0.15) is 0 Å². The fourth-order valence-electron chi connectivity index (χ4n) is 2.69. The van der Waals surface area contributed by atoms with Crippen LogP contribution in [0.3, 0.4) is 0 Å². The van der Waals surface area contributed by atoms with Crippen LogP contribution < -0.4 is 15.2 Å². The maximum absolute atomic E-state index is 6.19. The molecule has 5 rings (SSSR count). The molecule has 2 aromatic heterocycles. The summed E-state index contributed by atoms with van der Waals surface area (Å²) in [6.45, 7) is 0.200. The van der Waals surface area contributed by atoms with Crippen molar-refractivity contribution >= 4 is 21.7 Å². The lowest BCUT2D eigenvalue weighted by Crippen LogP contribution is -2.02. The van der Waals surface area contributed by atoms with Gasteiger partial charge < -0.3 is 19.7 Å². The first-order valence-electron chi connectivity index (χ1n) is 7.90. The predicted molar refractivity (Wildman–Crippen MR) is 98.3 cm³/mol. The molecule has 134 valence electrons. The van der Waals surface area contributed by atoms with Crippen molar-refractivity contribution in [3.8, 4) is 40.2 Å². The predicted octanol–water partition coefficient (Wildman–Crippen LogP) is 3.06. The Hall–Kier alpha value is -3.40. The molecule has 0 spiro atoms. The van der Waals surface area contributed by atoms with Gasteiger partial charge in [0.25, 0.3) is 5.89 Å². The SMILES string of the molecule is Nc1c(-c2nc(-c3ccc4c(c3)OCO4)no2)nnn1-c1ccc(Br)cc1. The average Bonchev–Trinajstić information content (AvgIpc) is 3.41. The smallest absolute Gasteiger partial charge is 0.282 e. The monoisotopic (exact) mass is 426 g/mol. The largest absolute Gasteiger partial charge is 0.454 e. The molecule has 0 fully saturated rings. The summed E-state index contributed by atoms with van der Waals surface area (Å²) in [5.74, 6) is 2.20. The minimum absolute atomic E-state index is 0.184. The van der Waals surface area contributed by atoms with Crippen LogP contribution in [-0.2, 0) is 0 Å². The number of hydrogen-bond donors (Lipinski definition) is 1. The van der Waals surface area contributed by atoms with Crippen LogP contribution in [-0.4, -0.2) is 31.9 Å². The van der Waals surface area contributed by atoms with Crippen LogP contribution >= 0.6 is 15.9 Å². The van der Waals surface area contributed by atoms with Crippen molar-refractivity contribution in [3.05, 3.63) is 46.9 Å². The van der Waals surface area contributed by atoms with Gasteiger partial charge in [0.15, 0.2) is 23.0 Å². The number of aromatic nitrogens is 5. The summed E-state index contributed by atoms with van der Waals surface area (Å²) in [4.78, 5) is 4.38. The van der Waals surface area contributed by atoms with Gasteiger partial charge in [0.05, 0.1) is 5.69 Å². The van der Waals surface area contributed by atoms with Gasteiger partial charge in [-0.15, -0.1) is 5.10 Å². The molecule has 10 heteroatoms. The molecule has 9 nitrogen and oxygen atoms in total. The Morgan fingerprint density at radius 1 is 1.04 bits per heavy atom. The van der Waals surface area contributed by atoms with E-state index < -0.39 is 0 Å². The number of nitrogen functional groups attached to an aromatic ring is 1. The first kappa shape index (κ1) is 15.8. The van der Waals surface area contributed by atoms with E-state index in [1.807, 2.05) is 30.3 Å². The van der Waals surface area contributed by atoms with Crippen LogP contribution in [0.2, 0.25) is 0 Å². The second-order valence-electron chi connectivity index (χ2n) is 5.70. The molecule has 4 aromatic rings. The summed E-state index contributed by atoms with van der Waals surface area (Å²) in [5.41, 5.74) is 8.00. The van der Waals surface area contributed by atoms with Gasteiger partial charge in [-0.25, -0.2) is 0 Å².